The molecule has 6 aliphatic carbocycles. The van der Waals surface area contributed by atoms with Gasteiger partial charge in [0.2, 0.25) is 0 Å². The molecule has 0 bridgehead atoms. The summed E-state index contributed by atoms with van der Waals surface area (Å²) in [6, 6.07) is 0. The van der Waals surface area contributed by atoms with E-state index in [1.165, 1.54) is 64.2 Å². The molecule has 2 nitrogen and oxygen atoms in total. The summed E-state index contributed by atoms with van der Waals surface area (Å²) in [5, 5.41) is 0. The largest absolute Gasteiger partial charge is 0.463 e. The first kappa shape index (κ1) is 52.5. The van der Waals surface area contributed by atoms with Gasteiger partial charge in [0.05, 0.1) is 6.67 Å². The number of hydrogen-bond donors (Lipinski definition) is 0. The third-order valence-corrected chi connectivity index (χ3v) is 14.7. The molecule has 5 unspecified atom stereocenters. The first-order valence-electron chi connectivity index (χ1n) is 21.4. The first-order valence-corrected chi connectivity index (χ1v) is 21.4. The molecule has 0 amide bonds. The van der Waals surface area contributed by atoms with Crippen LogP contribution in [0.1, 0.15) is 146 Å². The number of rotatable bonds is 7. The summed E-state index contributed by atoms with van der Waals surface area (Å²) in [6.07, 6.45) is 55.9. The second-order valence-corrected chi connectivity index (χ2v) is 17.5. The van der Waals surface area contributed by atoms with Crippen molar-refractivity contribution in [1.82, 2.24) is 0 Å². The highest BCUT2D eigenvalue weighted by atomic mass is 19.1. The van der Waals surface area contributed by atoms with Crippen molar-refractivity contribution in [3.05, 3.63) is 72.4 Å². The van der Waals surface area contributed by atoms with Gasteiger partial charge in [0.15, 0.2) is 0 Å². The number of hydrogen-bond acceptors (Lipinski definition) is 2. The zero-order valence-electron chi connectivity index (χ0n) is 37.3. The lowest BCUT2D eigenvalue weighted by Gasteiger charge is -2.68. The van der Waals surface area contributed by atoms with Gasteiger partial charge < -0.3 is 4.74 Å². The van der Waals surface area contributed by atoms with Crippen molar-refractivity contribution < 1.29 is 13.9 Å². The molecular weight excluding hydrogens is 688 g/mol. The fourth-order valence-electron chi connectivity index (χ4n) is 12.5. The lowest BCUT2D eigenvalue weighted by atomic mass is 9.36. The van der Waals surface area contributed by atoms with Gasteiger partial charge in [0, 0.05) is 0 Å². The number of terminal acetylenes is 3. The Hall–Kier alpha value is -3.48. The van der Waals surface area contributed by atoms with Gasteiger partial charge in [-0.05, 0) is 165 Å². The van der Waals surface area contributed by atoms with Crippen LogP contribution in [0.3, 0.4) is 0 Å². The van der Waals surface area contributed by atoms with Gasteiger partial charge in [-0.1, -0.05) is 104 Å². The van der Waals surface area contributed by atoms with E-state index in [0.29, 0.717) is 22.7 Å². The van der Waals surface area contributed by atoms with Crippen LogP contribution < -0.4 is 0 Å². The van der Waals surface area contributed by atoms with E-state index in [-0.39, 0.29) is 24.6 Å². The minimum absolute atomic E-state index is 0.144. The summed E-state index contributed by atoms with van der Waals surface area (Å²) in [7, 11) is 0. The highest BCUT2D eigenvalue weighted by molar-refractivity contribution is 5.41. The number of alkyl halides is 1. The van der Waals surface area contributed by atoms with E-state index < -0.39 is 0 Å². The maximum Gasteiger partial charge on any atom is 0.293 e. The van der Waals surface area contributed by atoms with Crippen molar-refractivity contribution in [2.45, 2.75) is 146 Å². The molecule has 0 N–H and O–H groups in total. The van der Waals surface area contributed by atoms with E-state index in [1.807, 2.05) is 45.9 Å². The van der Waals surface area contributed by atoms with Gasteiger partial charge >= 0.3 is 0 Å². The molecule has 9 atom stereocenters. The van der Waals surface area contributed by atoms with Crippen LogP contribution in [0.15, 0.2) is 72.4 Å². The molecule has 3 heteroatoms. The molecule has 4 saturated carbocycles. The van der Waals surface area contributed by atoms with Crippen molar-refractivity contribution in [2.75, 3.05) is 13.3 Å². The number of halogens is 1. The Morgan fingerprint density at radius 3 is 2.02 bits per heavy atom. The average molecular weight is 769 g/mol. The predicted octanol–water partition coefficient (Wildman–Crippen LogP) is 14.5. The monoisotopic (exact) mass is 769 g/mol. The number of fused-ring (bicyclic) bond motifs is 7. The quantitative estimate of drug-likeness (QED) is 0.112. The Morgan fingerprint density at radius 2 is 1.48 bits per heavy atom. The van der Waals surface area contributed by atoms with Crippen LogP contribution in [0.5, 0.6) is 0 Å². The normalized spacial score (nSPS) is 34.2. The standard InChI is InChI=1S/C33H51F.C9H12O2.C3H6.C2H6.3C2H2/c1-30(2)25(23-10-8-22(21-34)9-11-23)15-19-33(5)28(30)16-20-32(4)27-14-18-31(3)17-6-7-26(31)24(27)12-13-29(32)33;1-3-5-6-9(4-2)7-11-8-10;1-3-2;4*1-2/h10,15,22,24,26-29H,6-9,11-14,16-21H2,1-5H3;3-6,8H,2,7H2,1H3;3H,1H2,2H3;1-2H3;3*1-2H/b;5-3-,9-6+;;;;;/t22?,24-,26?,27?,28?,29?,31-,32+,33+;;;;;;/m1....../s1. The number of ether oxygens (including phenoxy) is 1. The molecule has 0 radical (unpaired) electrons. The maximum atomic E-state index is 13.2. The fourth-order valence-corrected chi connectivity index (χ4v) is 12.5. The predicted molar refractivity (Wildman–Crippen MR) is 243 cm³/mol. The summed E-state index contributed by atoms with van der Waals surface area (Å²) in [6.45, 7) is 28.6. The minimum Gasteiger partial charge on any atom is -0.463 e. The SMILES string of the molecule is C#C.C#C.C#C.C=C/C(=C\C=C/C)COC=O.C=CC.CC.CC1(C)C(C2=CCC(CF)CC2)=CC[C@@]2(C)C1CC[C@@]1(C)C3CC[C@@]4(C)CCCC4[C@H]3CCC12. The van der Waals surface area contributed by atoms with Crippen molar-refractivity contribution in [2.24, 2.45) is 57.2 Å². The third-order valence-electron chi connectivity index (χ3n) is 14.7. The molecular formula is C53H81FO2. The highest BCUT2D eigenvalue weighted by Crippen LogP contribution is 2.73. The zero-order chi connectivity index (χ0) is 43.2. The molecule has 6 aliphatic rings. The lowest BCUT2D eigenvalue weighted by molar-refractivity contribution is -0.179. The summed E-state index contributed by atoms with van der Waals surface area (Å²) >= 11 is 0. The topological polar surface area (TPSA) is 26.3 Å². The van der Waals surface area contributed by atoms with Crippen LogP contribution in [0.2, 0.25) is 0 Å². The van der Waals surface area contributed by atoms with Crippen molar-refractivity contribution in [1.29, 1.82) is 0 Å². The smallest absolute Gasteiger partial charge is 0.293 e. The molecule has 56 heavy (non-hydrogen) atoms. The van der Waals surface area contributed by atoms with Crippen LogP contribution in [0.25, 0.3) is 0 Å². The van der Waals surface area contributed by atoms with Crippen LogP contribution >= 0.6 is 0 Å². The van der Waals surface area contributed by atoms with Gasteiger partial charge in [-0.2, -0.15) is 0 Å². The Balaban J connectivity index is 0.00000116. The van der Waals surface area contributed by atoms with Gasteiger partial charge in [-0.3, -0.25) is 9.18 Å². The molecule has 0 heterocycles. The second-order valence-electron chi connectivity index (χ2n) is 17.5. The van der Waals surface area contributed by atoms with Gasteiger partial charge in [-0.15, -0.1) is 45.1 Å². The van der Waals surface area contributed by atoms with Crippen LogP contribution in [-0.2, 0) is 9.53 Å². The molecule has 312 valence electrons. The molecule has 4 fully saturated rings. The Kier molecular flexibility index (Phi) is 24.1. The lowest BCUT2D eigenvalue weighted by Crippen LogP contribution is -2.61. The van der Waals surface area contributed by atoms with Crippen LogP contribution in [0.4, 0.5) is 4.39 Å². The van der Waals surface area contributed by atoms with Crippen LogP contribution in [-0.4, -0.2) is 19.8 Å². The number of carbonyl (C=O) groups excluding carboxylic acids is 1. The Labute approximate surface area is 346 Å². The average Bonchev–Trinajstić information content (AvgIpc) is 3.63. The fraction of sp³-hybridized carbons (Fsp3) is 0.642. The first-order chi connectivity index (χ1) is 26.9. The molecule has 0 aromatic rings. The van der Waals surface area contributed by atoms with Crippen molar-refractivity contribution in [3.8, 4) is 38.5 Å². The minimum atomic E-state index is -0.144. The Bertz CT molecular complexity index is 1370. The van der Waals surface area contributed by atoms with Gasteiger partial charge in [-0.25, -0.2) is 0 Å². The summed E-state index contributed by atoms with van der Waals surface area (Å²) in [5.74, 6) is 4.96. The van der Waals surface area contributed by atoms with E-state index in [4.69, 9.17) is 0 Å². The van der Waals surface area contributed by atoms with E-state index in [1.54, 1.807) is 23.3 Å². The summed E-state index contributed by atoms with van der Waals surface area (Å²) in [5.41, 5.74) is 6.01. The van der Waals surface area contributed by atoms with Crippen molar-refractivity contribution >= 4 is 6.47 Å². The molecule has 0 aliphatic heterocycles. The second kappa shape index (κ2) is 25.7. The van der Waals surface area contributed by atoms with E-state index in [0.717, 1.165) is 54.4 Å². The Morgan fingerprint density at radius 1 is 0.839 bits per heavy atom. The zero-order valence-corrected chi connectivity index (χ0v) is 37.3. The molecule has 0 saturated heterocycles. The van der Waals surface area contributed by atoms with E-state index >= 15 is 0 Å². The van der Waals surface area contributed by atoms with Crippen molar-refractivity contribution in [3.63, 3.8) is 0 Å². The molecule has 0 aromatic carbocycles. The van der Waals surface area contributed by atoms with Gasteiger partial charge in [0.25, 0.3) is 6.47 Å². The molecule has 0 spiro atoms. The van der Waals surface area contributed by atoms with Gasteiger partial charge in [0.1, 0.15) is 6.61 Å². The summed E-state index contributed by atoms with van der Waals surface area (Å²) < 4.78 is 17.8. The maximum absolute atomic E-state index is 13.2. The third kappa shape index (κ3) is 11.8. The van der Waals surface area contributed by atoms with E-state index in [2.05, 4.69) is 103 Å². The highest BCUT2D eigenvalue weighted by Gasteiger charge is 2.65. The molecule has 6 rings (SSSR count). The van der Waals surface area contributed by atoms with Crippen LogP contribution in [0, 0.1) is 95.7 Å². The molecule has 0 aromatic heterocycles. The summed E-state index contributed by atoms with van der Waals surface area (Å²) in [4.78, 5) is 9.80. The number of allylic oxidation sites excluding steroid dienone is 8. The van der Waals surface area contributed by atoms with E-state index in [9.17, 15) is 9.18 Å². The number of carbonyl (C=O) groups is 1.